The molecule has 0 aromatic heterocycles. The van der Waals surface area contributed by atoms with Crippen LogP contribution in [0.3, 0.4) is 0 Å². The molecule has 2 aliphatic rings. The summed E-state index contributed by atoms with van der Waals surface area (Å²) in [5.74, 6) is -0.270. The molecule has 0 fully saturated rings. The minimum atomic E-state index is -0.270. The van der Waals surface area contributed by atoms with Crippen molar-refractivity contribution >= 4 is 11.3 Å². The van der Waals surface area contributed by atoms with Gasteiger partial charge >= 0.3 is 0 Å². The van der Waals surface area contributed by atoms with Crippen molar-refractivity contribution in [2.45, 2.75) is 0 Å². The van der Waals surface area contributed by atoms with Gasteiger partial charge in [-0.1, -0.05) is 0 Å². The topological polar surface area (TPSA) is 0 Å². The Morgan fingerprint density at radius 1 is 1.50 bits per heavy atom. The van der Waals surface area contributed by atoms with Gasteiger partial charge in [-0.25, -0.2) is 4.39 Å². The van der Waals surface area contributed by atoms with Crippen LogP contribution in [0.15, 0.2) is 22.9 Å². The number of hydrogen-bond donors (Lipinski definition) is 0. The smallest absolute Gasteiger partial charge is 0.132 e. The first-order valence-corrected chi connectivity index (χ1v) is 3.84. The van der Waals surface area contributed by atoms with Gasteiger partial charge < -0.3 is 0 Å². The minimum Gasteiger partial charge on any atom is -0.206 e. The summed E-state index contributed by atoms with van der Waals surface area (Å²) in [5, 5.41) is 3.83. The van der Waals surface area contributed by atoms with Crippen LogP contribution < -0.4 is 0 Å². The molecule has 49 valence electrons. The summed E-state index contributed by atoms with van der Waals surface area (Å²) in [5.41, 5.74) is 1.79. The van der Waals surface area contributed by atoms with Gasteiger partial charge in [-0.3, -0.25) is 0 Å². The summed E-state index contributed by atoms with van der Waals surface area (Å²) in [6, 6.07) is 5.95. The Balaban J connectivity index is 2.76. The van der Waals surface area contributed by atoms with Crippen molar-refractivity contribution in [3.05, 3.63) is 34.8 Å². The lowest BCUT2D eigenvalue weighted by atomic mass is 10.2. The summed E-state index contributed by atoms with van der Waals surface area (Å²) in [7, 11) is 0. The van der Waals surface area contributed by atoms with Crippen molar-refractivity contribution in [2.75, 3.05) is 0 Å². The third kappa shape index (κ3) is 0.809. The van der Waals surface area contributed by atoms with E-state index in [4.69, 9.17) is 0 Å². The van der Waals surface area contributed by atoms with Crippen LogP contribution in [0, 0.1) is 11.9 Å². The quantitative estimate of drug-likeness (QED) is 0.543. The number of rotatable bonds is 0. The van der Waals surface area contributed by atoms with Crippen LogP contribution in [0.5, 0.6) is 0 Å². The highest BCUT2D eigenvalue weighted by Crippen LogP contribution is 2.25. The van der Waals surface area contributed by atoms with Crippen LogP contribution in [0.2, 0.25) is 0 Å². The monoisotopic (exact) mass is 151 g/mol. The van der Waals surface area contributed by atoms with Gasteiger partial charge in [0.1, 0.15) is 5.82 Å². The molecule has 1 aliphatic carbocycles. The zero-order valence-electron chi connectivity index (χ0n) is 5.10. The third-order valence-corrected chi connectivity index (χ3v) is 2.04. The molecule has 0 spiro atoms. The fourth-order valence-electron chi connectivity index (χ4n) is 0.906. The standard InChI is InChI=1S/C8H4FS/c9-8-3-6-1-2-10-5-7(6)4-8/h1-2,4-5H. The van der Waals surface area contributed by atoms with Crippen LogP contribution in [-0.4, -0.2) is 0 Å². The van der Waals surface area contributed by atoms with Crippen LogP contribution in [0.25, 0.3) is 11.1 Å². The zero-order valence-corrected chi connectivity index (χ0v) is 5.91. The van der Waals surface area contributed by atoms with Gasteiger partial charge in [-0.05, 0) is 34.0 Å². The van der Waals surface area contributed by atoms with E-state index >= 15 is 0 Å². The van der Waals surface area contributed by atoms with Gasteiger partial charge in [0.2, 0.25) is 0 Å². The zero-order chi connectivity index (χ0) is 6.97. The Kier molecular flexibility index (Phi) is 1.21. The molecule has 1 heterocycles. The first-order chi connectivity index (χ1) is 4.86. The van der Waals surface area contributed by atoms with E-state index in [1.165, 1.54) is 6.07 Å². The van der Waals surface area contributed by atoms with E-state index in [1.807, 2.05) is 16.8 Å². The summed E-state index contributed by atoms with van der Waals surface area (Å²) in [6.45, 7) is 0. The molecule has 1 radical (unpaired) electrons. The summed E-state index contributed by atoms with van der Waals surface area (Å²) in [6.07, 6.45) is 0. The summed E-state index contributed by atoms with van der Waals surface area (Å²) < 4.78 is 12.5. The average molecular weight is 151 g/mol. The molecule has 0 saturated heterocycles. The molecule has 1 aliphatic heterocycles. The normalized spacial score (nSPS) is 10.5. The molecule has 0 saturated carbocycles. The Hall–Kier alpha value is -0.890. The minimum absolute atomic E-state index is 0.270. The lowest BCUT2D eigenvalue weighted by Gasteiger charge is -1.90. The lowest BCUT2D eigenvalue weighted by molar-refractivity contribution is 0.631. The largest absolute Gasteiger partial charge is 0.206 e. The summed E-state index contributed by atoms with van der Waals surface area (Å²) in [4.78, 5) is 0. The number of fused-ring (bicyclic) bond motifs is 1. The van der Waals surface area contributed by atoms with Crippen LogP contribution in [-0.2, 0) is 0 Å². The van der Waals surface area contributed by atoms with Gasteiger partial charge in [0.25, 0.3) is 0 Å². The molecule has 2 rings (SSSR count). The van der Waals surface area contributed by atoms with E-state index in [9.17, 15) is 4.39 Å². The van der Waals surface area contributed by atoms with E-state index in [1.54, 1.807) is 11.3 Å². The van der Waals surface area contributed by atoms with Crippen molar-refractivity contribution in [3.8, 4) is 11.1 Å². The van der Waals surface area contributed by atoms with Gasteiger partial charge in [0, 0.05) is 6.07 Å². The Morgan fingerprint density at radius 3 is 3.20 bits per heavy atom. The highest BCUT2D eigenvalue weighted by molar-refractivity contribution is 7.07. The molecule has 10 heavy (non-hydrogen) atoms. The van der Waals surface area contributed by atoms with E-state index in [-0.39, 0.29) is 5.82 Å². The lowest BCUT2D eigenvalue weighted by Crippen LogP contribution is -1.64. The maximum Gasteiger partial charge on any atom is 0.132 e. The van der Waals surface area contributed by atoms with E-state index < -0.39 is 0 Å². The maximum absolute atomic E-state index is 12.5. The Bertz CT molecular complexity index is 283. The maximum atomic E-state index is 12.5. The first-order valence-electron chi connectivity index (χ1n) is 2.90. The van der Waals surface area contributed by atoms with Gasteiger partial charge in [0.15, 0.2) is 0 Å². The second-order valence-corrected chi connectivity index (χ2v) is 2.82. The Labute approximate surface area is 62.3 Å². The van der Waals surface area contributed by atoms with Crippen molar-refractivity contribution in [2.24, 2.45) is 0 Å². The second kappa shape index (κ2) is 2.06. The molecular weight excluding hydrogens is 147 g/mol. The van der Waals surface area contributed by atoms with Crippen molar-refractivity contribution < 1.29 is 4.39 Å². The molecule has 0 unspecified atom stereocenters. The van der Waals surface area contributed by atoms with Crippen LogP contribution in [0.1, 0.15) is 0 Å². The molecule has 0 N–H and O–H groups in total. The fraction of sp³-hybridized carbons (Fsp3) is 0. The molecular formula is C8H4FS. The molecule has 0 atom stereocenters. The highest BCUT2D eigenvalue weighted by Gasteiger charge is 2.04. The average Bonchev–Trinajstić information content (AvgIpc) is 2.27. The van der Waals surface area contributed by atoms with Crippen molar-refractivity contribution in [1.29, 1.82) is 0 Å². The second-order valence-electron chi connectivity index (χ2n) is 2.04. The van der Waals surface area contributed by atoms with Crippen LogP contribution in [0.4, 0.5) is 4.39 Å². The van der Waals surface area contributed by atoms with Crippen molar-refractivity contribution in [3.63, 3.8) is 0 Å². The molecule has 2 heteroatoms. The number of halogens is 1. The highest BCUT2D eigenvalue weighted by atomic mass is 32.1. The number of hydrogen-bond acceptors (Lipinski definition) is 1. The first kappa shape index (κ1) is 5.86. The fourth-order valence-corrected chi connectivity index (χ4v) is 1.54. The predicted molar refractivity (Wildman–Crippen MR) is 39.7 cm³/mol. The molecule has 0 bridgehead atoms. The van der Waals surface area contributed by atoms with Gasteiger partial charge in [-0.15, -0.1) is 0 Å². The third-order valence-electron chi connectivity index (χ3n) is 1.36. The van der Waals surface area contributed by atoms with Gasteiger partial charge in [-0.2, -0.15) is 11.3 Å². The van der Waals surface area contributed by atoms with E-state index in [0.29, 0.717) is 0 Å². The Morgan fingerprint density at radius 2 is 2.40 bits per heavy atom. The van der Waals surface area contributed by atoms with E-state index in [2.05, 4.69) is 6.07 Å². The molecule has 0 aromatic carbocycles. The summed E-state index contributed by atoms with van der Waals surface area (Å²) >= 11 is 1.56. The van der Waals surface area contributed by atoms with Crippen LogP contribution >= 0.6 is 11.3 Å². The SMILES string of the molecule is Fc1[c]c2ccscc-2c1. The van der Waals surface area contributed by atoms with Crippen molar-refractivity contribution in [1.82, 2.24) is 0 Å². The molecule has 0 nitrogen and oxygen atoms in total. The van der Waals surface area contributed by atoms with E-state index in [0.717, 1.165) is 11.1 Å². The molecule has 0 amide bonds. The molecule has 0 aromatic rings. The predicted octanol–water partition coefficient (Wildman–Crippen LogP) is 2.79. The van der Waals surface area contributed by atoms with Gasteiger partial charge in [0.05, 0.1) is 0 Å².